The predicted octanol–water partition coefficient (Wildman–Crippen LogP) is 3.51. The van der Waals surface area contributed by atoms with E-state index in [0.717, 1.165) is 0 Å². The zero-order chi connectivity index (χ0) is 17.4. The van der Waals surface area contributed by atoms with E-state index in [2.05, 4.69) is 5.32 Å². The van der Waals surface area contributed by atoms with E-state index in [1.54, 1.807) is 25.1 Å². The van der Waals surface area contributed by atoms with Crippen molar-refractivity contribution in [3.05, 3.63) is 41.9 Å². The van der Waals surface area contributed by atoms with Crippen LogP contribution in [-0.2, 0) is 9.53 Å². The average Bonchev–Trinajstić information content (AvgIpc) is 2.48. The molecule has 3 N–H and O–H groups in total. The zero-order valence-electron chi connectivity index (χ0n) is 13.8. The van der Waals surface area contributed by atoms with Gasteiger partial charge in [-0.15, -0.1) is 0 Å². The maximum atomic E-state index is 11.7. The van der Waals surface area contributed by atoms with Crippen LogP contribution in [0.1, 0.15) is 26.3 Å². The Morgan fingerprint density at radius 3 is 2.61 bits per heavy atom. The molecule has 23 heavy (non-hydrogen) atoms. The molecule has 0 aliphatic heterocycles. The van der Waals surface area contributed by atoms with E-state index < -0.39 is 0 Å². The second kappa shape index (κ2) is 8.63. The highest BCUT2D eigenvalue weighted by atomic mass is 16.5. The number of ether oxygens (including phenoxy) is 2. The molecule has 0 spiro atoms. The highest BCUT2D eigenvalue weighted by molar-refractivity contribution is 6.22. The molecule has 0 radical (unpaired) electrons. The quantitative estimate of drug-likeness (QED) is 0.407. The van der Waals surface area contributed by atoms with Gasteiger partial charge in [-0.05, 0) is 32.9 Å². The summed E-state index contributed by atoms with van der Waals surface area (Å²) in [5.41, 5.74) is 1.74. The third-order valence-electron chi connectivity index (χ3n) is 2.96. The monoisotopic (exact) mass is 318 g/mol. The topological polar surface area (TPSA) is 91.6 Å². The molecule has 124 valence electrons. The Bertz CT molecular complexity index is 644. The maximum Gasteiger partial charge on any atom is 0.251 e. The third kappa shape index (κ3) is 5.18. The van der Waals surface area contributed by atoms with Crippen molar-refractivity contribution in [3.63, 3.8) is 0 Å². The Morgan fingerprint density at radius 1 is 1.39 bits per heavy atom. The lowest BCUT2D eigenvalue weighted by molar-refractivity contribution is -0.112. The number of methoxy groups -OCH3 is 1. The molecule has 1 rings (SSSR count). The number of rotatable bonds is 7. The number of carbonyl (C=O) groups is 1. The minimum atomic E-state index is -0.328. The van der Waals surface area contributed by atoms with Crippen LogP contribution in [0.2, 0.25) is 0 Å². The lowest BCUT2D eigenvalue weighted by Crippen LogP contribution is -2.09. The van der Waals surface area contributed by atoms with E-state index in [1.165, 1.54) is 26.4 Å². The Kier molecular flexibility index (Phi) is 6.86. The van der Waals surface area contributed by atoms with Crippen LogP contribution < -0.4 is 10.1 Å². The molecule has 0 unspecified atom stereocenters. The molecule has 0 bridgehead atoms. The molecule has 0 saturated carbocycles. The summed E-state index contributed by atoms with van der Waals surface area (Å²) in [5, 5.41) is 20.2. The second-order valence-corrected chi connectivity index (χ2v) is 4.75. The van der Waals surface area contributed by atoms with Gasteiger partial charge in [-0.25, -0.2) is 0 Å². The van der Waals surface area contributed by atoms with Gasteiger partial charge in [0.25, 0.3) is 5.91 Å². The minimum absolute atomic E-state index is 0.0345. The summed E-state index contributed by atoms with van der Waals surface area (Å²) >= 11 is 0. The van der Waals surface area contributed by atoms with Crippen molar-refractivity contribution in [2.75, 3.05) is 19.0 Å². The first kappa shape index (κ1) is 18.3. The number of allylic oxidation sites excluding steroid dienone is 2. The lowest BCUT2D eigenvalue weighted by atomic mass is 9.99. The van der Waals surface area contributed by atoms with Crippen LogP contribution in [0.25, 0.3) is 5.57 Å². The van der Waals surface area contributed by atoms with Gasteiger partial charge in [0.05, 0.1) is 25.7 Å². The molecule has 0 aromatic heterocycles. The Hall–Kier alpha value is -2.76. The van der Waals surface area contributed by atoms with Crippen LogP contribution in [0.5, 0.6) is 5.75 Å². The summed E-state index contributed by atoms with van der Waals surface area (Å²) in [5.74, 6) is 0.157. The van der Waals surface area contributed by atoms with E-state index in [1.807, 2.05) is 6.92 Å². The third-order valence-corrected chi connectivity index (χ3v) is 2.96. The van der Waals surface area contributed by atoms with Crippen LogP contribution in [-0.4, -0.2) is 30.4 Å². The van der Waals surface area contributed by atoms with Crippen molar-refractivity contribution in [2.24, 2.45) is 0 Å². The van der Waals surface area contributed by atoms with Gasteiger partial charge in [0.2, 0.25) is 0 Å². The standard InChI is InChI=1S/C17H22N2O4/c1-5-23-9-8-16(21)19-13-6-7-14(15(10-13)22-4)17(11(2)18)12(3)20/h6-10,18,20H,5H2,1-4H3,(H,19,21)/b9-8+,17-12+,18-11?. The molecule has 0 aliphatic carbocycles. The van der Waals surface area contributed by atoms with E-state index in [0.29, 0.717) is 29.2 Å². The van der Waals surface area contributed by atoms with Crippen molar-refractivity contribution >= 4 is 22.9 Å². The fourth-order valence-corrected chi connectivity index (χ4v) is 2.03. The number of hydrogen-bond donors (Lipinski definition) is 3. The summed E-state index contributed by atoms with van der Waals surface area (Å²) < 4.78 is 10.3. The van der Waals surface area contributed by atoms with Crippen molar-refractivity contribution in [1.29, 1.82) is 5.41 Å². The zero-order valence-corrected chi connectivity index (χ0v) is 13.8. The van der Waals surface area contributed by atoms with E-state index in [4.69, 9.17) is 14.9 Å². The normalized spacial score (nSPS) is 11.8. The van der Waals surface area contributed by atoms with E-state index in [9.17, 15) is 9.90 Å². The second-order valence-electron chi connectivity index (χ2n) is 4.75. The van der Waals surface area contributed by atoms with Gasteiger partial charge >= 0.3 is 0 Å². The van der Waals surface area contributed by atoms with Crippen LogP contribution >= 0.6 is 0 Å². The van der Waals surface area contributed by atoms with Crippen molar-refractivity contribution in [3.8, 4) is 5.75 Å². The Morgan fingerprint density at radius 2 is 2.09 bits per heavy atom. The van der Waals surface area contributed by atoms with Gasteiger partial charge in [-0.3, -0.25) is 4.79 Å². The fourth-order valence-electron chi connectivity index (χ4n) is 2.03. The van der Waals surface area contributed by atoms with Crippen LogP contribution in [0.4, 0.5) is 5.69 Å². The lowest BCUT2D eigenvalue weighted by Gasteiger charge is -2.14. The van der Waals surface area contributed by atoms with Crippen molar-refractivity contribution in [1.82, 2.24) is 0 Å². The molecule has 0 saturated heterocycles. The molecule has 1 amide bonds. The van der Waals surface area contributed by atoms with Gasteiger partial charge in [0.15, 0.2) is 0 Å². The van der Waals surface area contributed by atoms with Crippen LogP contribution in [0.3, 0.4) is 0 Å². The summed E-state index contributed by atoms with van der Waals surface area (Å²) in [4.78, 5) is 11.7. The number of benzene rings is 1. The molecule has 1 aromatic carbocycles. The van der Waals surface area contributed by atoms with E-state index in [-0.39, 0.29) is 17.4 Å². The number of aliphatic hydroxyl groups is 1. The Balaban J connectivity index is 3.08. The number of carbonyl (C=O) groups excluding carboxylic acids is 1. The first-order chi connectivity index (χ1) is 10.9. The Labute approximate surface area is 135 Å². The van der Waals surface area contributed by atoms with Crippen molar-refractivity contribution < 1.29 is 19.4 Å². The number of nitrogens with one attached hydrogen (secondary N) is 2. The summed E-state index contributed by atoms with van der Waals surface area (Å²) in [6.45, 7) is 5.42. The van der Waals surface area contributed by atoms with Gasteiger partial charge in [0, 0.05) is 34.7 Å². The van der Waals surface area contributed by atoms with Gasteiger partial charge < -0.3 is 25.3 Å². The largest absolute Gasteiger partial charge is 0.512 e. The molecular formula is C17H22N2O4. The maximum absolute atomic E-state index is 11.7. The first-order valence-corrected chi connectivity index (χ1v) is 7.13. The molecule has 1 aromatic rings. The number of anilines is 1. The summed E-state index contributed by atoms with van der Waals surface area (Å²) in [7, 11) is 1.49. The highest BCUT2D eigenvalue weighted by Gasteiger charge is 2.14. The minimum Gasteiger partial charge on any atom is -0.512 e. The molecule has 6 heteroatoms. The number of hydrogen-bond acceptors (Lipinski definition) is 5. The molecule has 0 aliphatic rings. The molecule has 6 nitrogen and oxygen atoms in total. The van der Waals surface area contributed by atoms with Gasteiger partial charge in [-0.1, -0.05) is 0 Å². The SMILES string of the molecule is CCO/C=C/C(=O)Nc1ccc(/C(C(C)=N)=C(\C)O)c(OC)c1. The van der Waals surface area contributed by atoms with Crippen LogP contribution in [0, 0.1) is 5.41 Å². The molecule has 0 heterocycles. The number of amides is 1. The highest BCUT2D eigenvalue weighted by Crippen LogP contribution is 2.31. The van der Waals surface area contributed by atoms with Gasteiger partial charge in [0.1, 0.15) is 5.75 Å². The summed E-state index contributed by atoms with van der Waals surface area (Å²) in [6.07, 6.45) is 2.62. The van der Waals surface area contributed by atoms with E-state index >= 15 is 0 Å². The fraction of sp³-hybridized carbons (Fsp3) is 0.294. The predicted molar refractivity (Wildman–Crippen MR) is 91.0 cm³/mol. The molecule has 0 fully saturated rings. The first-order valence-electron chi connectivity index (χ1n) is 7.13. The smallest absolute Gasteiger partial charge is 0.251 e. The average molecular weight is 318 g/mol. The van der Waals surface area contributed by atoms with Crippen LogP contribution in [0.15, 0.2) is 36.3 Å². The van der Waals surface area contributed by atoms with Crippen molar-refractivity contribution in [2.45, 2.75) is 20.8 Å². The molecule has 0 atom stereocenters. The molecular weight excluding hydrogens is 296 g/mol. The van der Waals surface area contributed by atoms with Gasteiger partial charge in [-0.2, -0.15) is 0 Å². The summed E-state index contributed by atoms with van der Waals surface area (Å²) in [6, 6.07) is 5.00. The number of aliphatic hydroxyl groups excluding tert-OH is 1.